The van der Waals surface area contributed by atoms with E-state index in [0.717, 1.165) is 12.0 Å². The van der Waals surface area contributed by atoms with E-state index >= 15 is 0 Å². The highest BCUT2D eigenvalue weighted by Crippen LogP contribution is 2.10. The Labute approximate surface area is 110 Å². The van der Waals surface area contributed by atoms with Gasteiger partial charge in [-0.05, 0) is 23.4 Å². The fourth-order valence-corrected chi connectivity index (χ4v) is 2.29. The lowest BCUT2D eigenvalue weighted by atomic mass is 10.1. The molecule has 1 aromatic carbocycles. The topological polar surface area (TPSA) is 50.9 Å². The van der Waals surface area contributed by atoms with Gasteiger partial charge in [0.05, 0.1) is 0 Å². The van der Waals surface area contributed by atoms with Gasteiger partial charge in [-0.3, -0.25) is 10.3 Å². The van der Waals surface area contributed by atoms with Crippen LogP contribution in [0.3, 0.4) is 0 Å². The summed E-state index contributed by atoms with van der Waals surface area (Å²) in [6, 6.07) is 11.9. The monoisotopic (exact) mass is 255 g/mol. The minimum Gasteiger partial charge on any atom is -0.283 e. The third kappa shape index (κ3) is 2.96. The summed E-state index contributed by atoms with van der Waals surface area (Å²) in [5.74, 6) is 0.273. The van der Waals surface area contributed by atoms with Crippen LogP contribution < -0.4 is 0 Å². The fourth-order valence-electron chi connectivity index (χ4n) is 1.65. The number of nitrogens with zero attached hydrogens (tertiary/aromatic N) is 2. The average molecular weight is 255 g/mol. The third-order valence-electron chi connectivity index (χ3n) is 2.65. The summed E-state index contributed by atoms with van der Waals surface area (Å²) in [5, 5.41) is 20.9. The van der Waals surface area contributed by atoms with Crippen molar-refractivity contribution < 1.29 is 0 Å². The molecule has 2 rings (SSSR count). The molecule has 0 atom stereocenters. The highest BCUT2D eigenvalue weighted by atomic mass is 32.1. The van der Waals surface area contributed by atoms with Gasteiger partial charge in [-0.2, -0.15) is 16.6 Å². The molecule has 0 amide bonds. The molecule has 1 heterocycles. The first-order valence-corrected chi connectivity index (χ1v) is 6.58. The Kier molecular flexibility index (Phi) is 4.11. The van der Waals surface area contributed by atoms with Gasteiger partial charge < -0.3 is 0 Å². The van der Waals surface area contributed by atoms with Crippen LogP contribution in [0.2, 0.25) is 0 Å². The van der Waals surface area contributed by atoms with Crippen LogP contribution in [0.25, 0.3) is 0 Å². The number of thiophene rings is 1. The Hall–Kier alpha value is -2.12. The Morgan fingerprint density at radius 3 is 2.67 bits per heavy atom. The van der Waals surface area contributed by atoms with Gasteiger partial charge in [-0.25, -0.2) is 0 Å². The molecule has 0 aliphatic carbocycles. The molecule has 18 heavy (non-hydrogen) atoms. The van der Waals surface area contributed by atoms with Crippen molar-refractivity contribution in [3.63, 3.8) is 0 Å². The number of hydrogen-bond donors (Lipinski definition) is 1. The smallest absolute Gasteiger partial charge is 0.185 e. The van der Waals surface area contributed by atoms with E-state index in [0.29, 0.717) is 6.54 Å². The number of hydrogen-bond acceptors (Lipinski definition) is 3. The van der Waals surface area contributed by atoms with Gasteiger partial charge in [-0.1, -0.05) is 30.3 Å². The van der Waals surface area contributed by atoms with E-state index < -0.39 is 0 Å². The van der Waals surface area contributed by atoms with Gasteiger partial charge in [0.25, 0.3) is 0 Å². The molecular formula is C14H13N3S. The van der Waals surface area contributed by atoms with E-state index in [4.69, 9.17) is 10.7 Å². The second-order valence-electron chi connectivity index (χ2n) is 3.85. The second kappa shape index (κ2) is 5.99. The largest absolute Gasteiger partial charge is 0.283 e. The van der Waals surface area contributed by atoms with Gasteiger partial charge in [0.15, 0.2) is 6.19 Å². The van der Waals surface area contributed by atoms with Crippen LogP contribution in [0.5, 0.6) is 0 Å². The van der Waals surface area contributed by atoms with Crippen LogP contribution in [0.1, 0.15) is 11.1 Å². The van der Waals surface area contributed by atoms with Crippen LogP contribution in [0, 0.1) is 16.9 Å². The minimum absolute atomic E-state index is 0.273. The summed E-state index contributed by atoms with van der Waals surface area (Å²) < 4.78 is 0. The van der Waals surface area contributed by atoms with Gasteiger partial charge >= 0.3 is 0 Å². The normalized spacial score (nSPS) is 9.72. The lowest BCUT2D eigenvalue weighted by Crippen LogP contribution is -2.28. The highest BCUT2D eigenvalue weighted by Gasteiger charge is 2.11. The van der Waals surface area contributed by atoms with E-state index in [1.54, 1.807) is 0 Å². The lowest BCUT2D eigenvalue weighted by molar-refractivity contribution is 0.572. The Morgan fingerprint density at radius 1 is 1.28 bits per heavy atom. The maximum absolute atomic E-state index is 9.11. The van der Waals surface area contributed by atoms with E-state index in [-0.39, 0.29) is 5.84 Å². The number of amidine groups is 1. The van der Waals surface area contributed by atoms with Crippen LogP contribution in [-0.4, -0.2) is 17.3 Å². The SMILES string of the molecule is N#CN(CCc1ccccc1)C(=N)c1ccsc1. The van der Waals surface area contributed by atoms with Crippen molar-refractivity contribution in [2.24, 2.45) is 0 Å². The Morgan fingerprint density at radius 2 is 2.06 bits per heavy atom. The summed E-state index contributed by atoms with van der Waals surface area (Å²) in [7, 11) is 0. The van der Waals surface area contributed by atoms with E-state index in [1.807, 2.05) is 47.2 Å². The van der Waals surface area contributed by atoms with Crippen molar-refractivity contribution in [1.82, 2.24) is 4.90 Å². The summed E-state index contributed by atoms with van der Waals surface area (Å²) in [6.45, 7) is 0.537. The second-order valence-corrected chi connectivity index (χ2v) is 4.63. The van der Waals surface area contributed by atoms with E-state index in [2.05, 4.69) is 6.19 Å². The van der Waals surface area contributed by atoms with Crippen LogP contribution >= 0.6 is 11.3 Å². The molecule has 0 spiro atoms. The quantitative estimate of drug-likeness (QED) is 0.395. The molecule has 3 nitrogen and oxygen atoms in total. The lowest BCUT2D eigenvalue weighted by Gasteiger charge is -2.15. The maximum atomic E-state index is 9.11. The molecule has 0 saturated carbocycles. The van der Waals surface area contributed by atoms with Crippen LogP contribution in [0.4, 0.5) is 0 Å². The fraction of sp³-hybridized carbons (Fsp3) is 0.143. The van der Waals surface area contributed by atoms with Gasteiger partial charge in [-0.15, -0.1) is 0 Å². The van der Waals surface area contributed by atoms with Gasteiger partial charge in [0, 0.05) is 17.5 Å². The van der Waals surface area contributed by atoms with Crippen molar-refractivity contribution in [2.75, 3.05) is 6.54 Å². The van der Waals surface area contributed by atoms with Crippen LogP contribution in [-0.2, 0) is 6.42 Å². The van der Waals surface area contributed by atoms with Crippen molar-refractivity contribution in [3.8, 4) is 6.19 Å². The molecule has 0 fully saturated rings. The predicted molar refractivity (Wildman–Crippen MR) is 73.6 cm³/mol. The zero-order chi connectivity index (χ0) is 12.8. The average Bonchev–Trinajstić information content (AvgIpc) is 2.94. The predicted octanol–water partition coefficient (Wildman–Crippen LogP) is 3.10. The molecule has 0 bridgehead atoms. The number of nitrogens with one attached hydrogen (secondary N) is 1. The first-order chi connectivity index (χ1) is 8.81. The summed E-state index contributed by atoms with van der Waals surface area (Å²) >= 11 is 1.53. The Balaban J connectivity index is 1.99. The van der Waals surface area contributed by atoms with E-state index in [9.17, 15) is 0 Å². The zero-order valence-electron chi connectivity index (χ0n) is 9.84. The molecule has 0 saturated heterocycles. The Bertz CT molecular complexity index is 540. The molecule has 0 radical (unpaired) electrons. The molecular weight excluding hydrogens is 242 g/mol. The molecule has 4 heteroatoms. The van der Waals surface area contributed by atoms with Gasteiger partial charge in [0.1, 0.15) is 5.84 Å². The van der Waals surface area contributed by atoms with Crippen molar-refractivity contribution in [2.45, 2.75) is 6.42 Å². The molecule has 0 aliphatic rings. The molecule has 1 aromatic heterocycles. The standard InChI is InChI=1S/C14H13N3S/c15-11-17(14(16)13-7-9-18-10-13)8-6-12-4-2-1-3-5-12/h1-5,7,9-10,16H,6,8H2. The molecule has 0 unspecified atom stereocenters. The summed E-state index contributed by atoms with van der Waals surface area (Å²) in [6.07, 6.45) is 2.84. The maximum Gasteiger partial charge on any atom is 0.185 e. The number of rotatable bonds is 4. The molecule has 2 aromatic rings. The number of nitriles is 1. The van der Waals surface area contributed by atoms with Gasteiger partial charge in [0.2, 0.25) is 0 Å². The zero-order valence-corrected chi connectivity index (χ0v) is 10.7. The molecule has 1 N–H and O–H groups in total. The molecule has 0 aliphatic heterocycles. The van der Waals surface area contributed by atoms with E-state index in [1.165, 1.54) is 21.8 Å². The first kappa shape index (κ1) is 12.3. The number of benzene rings is 1. The third-order valence-corrected chi connectivity index (χ3v) is 3.34. The summed E-state index contributed by atoms with van der Waals surface area (Å²) in [5.41, 5.74) is 1.98. The first-order valence-electron chi connectivity index (χ1n) is 5.63. The van der Waals surface area contributed by atoms with Crippen LogP contribution in [0.15, 0.2) is 47.2 Å². The highest BCUT2D eigenvalue weighted by molar-refractivity contribution is 7.08. The molecule has 90 valence electrons. The summed E-state index contributed by atoms with van der Waals surface area (Å²) in [4.78, 5) is 1.43. The van der Waals surface area contributed by atoms with Crippen molar-refractivity contribution in [1.29, 1.82) is 10.7 Å². The van der Waals surface area contributed by atoms with Crippen molar-refractivity contribution in [3.05, 3.63) is 58.3 Å². The minimum atomic E-state index is 0.273. The van der Waals surface area contributed by atoms with Crippen molar-refractivity contribution >= 4 is 17.2 Å².